The first kappa shape index (κ1) is 22.9. The van der Waals surface area contributed by atoms with Crippen LogP contribution in [0.3, 0.4) is 0 Å². The van der Waals surface area contributed by atoms with Gasteiger partial charge in [0.1, 0.15) is 0 Å². The Bertz CT molecular complexity index is 329. The van der Waals surface area contributed by atoms with E-state index in [-0.39, 0.29) is 38.6 Å². The molecule has 0 aromatic heterocycles. The predicted octanol–water partition coefficient (Wildman–Crippen LogP) is 2.42. The molecular formula is C18H35NO5. The highest BCUT2D eigenvalue weighted by atomic mass is 16.4. The Balaban J connectivity index is 4.24. The molecule has 0 bridgehead atoms. The van der Waals surface area contributed by atoms with E-state index in [1.807, 2.05) is 0 Å². The molecule has 0 rings (SSSR count). The summed E-state index contributed by atoms with van der Waals surface area (Å²) in [6.07, 6.45) is 9.54. The summed E-state index contributed by atoms with van der Waals surface area (Å²) in [6, 6.07) is 0. The standard InChI is InChI=1S/C18H35NO5/c1-2-3-4-5-6-7-8-9-10-16(15-17(22)23)18(24)19(11-13-20)12-14-21/h16,20-21H,2-15H2,1H3,(H,22,23). The number of aliphatic hydroxyl groups is 2. The van der Waals surface area contributed by atoms with Gasteiger partial charge in [0.2, 0.25) is 5.91 Å². The van der Waals surface area contributed by atoms with Crippen LogP contribution >= 0.6 is 0 Å². The highest BCUT2D eigenvalue weighted by Crippen LogP contribution is 2.18. The van der Waals surface area contributed by atoms with Crippen LogP contribution in [0, 0.1) is 5.92 Å². The summed E-state index contributed by atoms with van der Waals surface area (Å²) in [5.41, 5.74) is 0. The third kappa shape index (κ3) is 11.4. The number of rotatable bonds is 16. The molecule has 0 aliphatic carbocycles. The van der Waals surface area contributed by atoms with Gasteiger partial charge in [-0.05, 0) is 6.42 Å². The van der Waals surface area contributed by atoms with Gasteiger partial charge in [-0.3, -0.25) is 9.59 Å². The van der Waals surface area contributed by atoms with E-state index < -0.39 is 11.9 Å². The minimum atomic E-state index is -0.985. The fourth-order valence-corrected chi connectivity index (χ4v) is 2.88. The number of unbranched alkanes of at least 4 members (excludes halogenated alkanes) is 7. The first-order valence-electron chi connectivity index (χ1n) is 9.29. The zero-order valence-corrected chi connectivity index (χ0v) is 15.1. The maximum absolute atomic E-state index is 12.4. The van der Waals surface area contributed by atoms with Crippen LogP contribution in [-0.4, -0.2) is 58.4 Å². The van der Waals surface area contributed by atoms with E-state index in [2.05, 4.69) is 6.92 Å². The molecule has 3 N–H and O–H groups in total. The van der Waals surface area contributed by atoms with Gasteiger partial charge in [0.25, 0.3) is 0 Å². The van der Waals surface area contributed by atoms with E-state index in [1.54, 1.807) is 0 Å². The predicted molar refractivity (Wildman–Crippen MR) is 93.7 cm³/mol. The number of hydrogen-bond acceptors (Lipinski definition) is 4. The SMILES string of the molecule is CCCCCCCCCCC(CC(=O)O)C(=O)N(CCO)CCO. The average Bonchev–Trinajstić information content (AvgIpc) is 2.55. The van der Waals surface area contributed by atoms with E-state index in [1.165, 1.54) is 37.0 Å². The number of carboxylic acid groups (broad SMARTS) is 1. The number of nitrogens with zero attached hydrogens (tertiary/aromatic N) is 1. The summed E-state index contributed by atoms with van der Waals surface area (Å²) < 4.78 is 0. The lowest BCUT2D eigenvalue weighted by atomic mass is 9.95. The summed E-state index contributed by atoms with van der Waals surface area (Å²) in [5.74, 6) is -1.83. The van der Waals surface area contributed by atoms with Gasteiger partial charge in [0.15, 0.2) is 0 Å². The van der Waals surface area contributed by atoms with Crippen molar-refractivity contribution in [3.8, 4) is 0 Å². The first-order valence-corrected chi connectivity index (χ1v) is 9.29. The van der Waals surface area contributed by atoms with Gasteiger partial charge in [-0.2, -0.15) is 0 Å². The van der Waals surface area contributed by atoms with Gasteiger partial charge in [-0.25, -0.2) is 0 Å². The Labute approximate surface area is 145 Å². The molecule has 1 unspecified atom stereocenters. The van der Waals surface area contributed by atoms with Crippen molar-refractivity contribution >= 4 is 11.9 Å². The monoisotopic (exact) mass is 345 g/mol. The second kappa shape index (κ2) is 15.4. The van der Waals surface area contributed by atoms with Crippen LogP contribution in [0.1, 0.15) is 71.1 Å². The second-order valence-electron chi connectivity index (χ2n) is 6.33. The molecule has 142 valence electrons. The fourth-order valence-electron chi connectivity index (χ4n) is 2.88. The Morgan fingerprint density at radius 3 is 1.83 bits per heavy atom. The van der Waals surface area contributed by atoms with Crippen LogP contribution in [0.4, 0.5) is 0 Å². The Morgan fingerprint density at radius 2 is 1.38 bits per heavy atom. The molecule has 0 radical (unpaired) electrons. The lowest BCUT2D eigenvalue weighted by Crippen LogP contribution is -2.40. The molecule has 0 spiro atoms. The highest BCUT2D eigenvalue weighted by Gasteiger charge is 2.25. The number of carbonyl (C=O) groups is 2. The Morgan fingerprint density at radius 1 is 0.875 bits per heavy atom. The molecule has 0 heterocycles. The van der Waals surface area contributed by atoms with Gasteiger partial charge in [0.05, 0.1) is 19.6 Å². The van der Waals surface area contributed by atoms with Gasteiger partial charge in [-0.15, -0.1) is 0 Å². The molecule has 0 aromatic rings. The van der Waals surface area contributed by atoms with E-state index in [0.717, 1.165) is 19.3 Å². The lowest BCUT2D eigenvalue weighted by molar-refractivity contribution is -0.145. The van der Waals surface area contributed by atoms with Crippen LogP contribution in [0.25, 0.3) is 0 Å². The number of aliphatic carboxylic acids is 1. The molecular weight excluding hydrogens is 310 g/mol. The largest absolute Gasteiger partial charge is 0.481 e. The summed E-state index contributed by atoms with van der Waals surface area (Å²) in [6.45, 7) is 2.07. The van der Waals surface area contributed by atoms with Gasteiger partial charge in [0, 0.05) is 19.0 Å². The van der Waals surface area contributed by atoms with Crippen molar-refractivity contribution in [1.82, 2.24) is 4.90 Å². The number of carboxylic acids is 1. The summed E-state index contributed by atoms with van der Waals surface area (Å²) in [7, 11) is 0. The van der Waals surface area contributed by atoms with Crippen molar-refractivity contribution in [1.29, 1.82) is 0 Å². The molecule has 0 aliphatic heterocycles. The van der Waals surface area contributed by atoms with Crippen molar-refractivity contribution < 1.29 is 24.9 Å². The van der Waals surface area contributed by atoms with Crippen LogP contribution in [0.2, 0.25) is 0 Å². The Kier molecular flexibility index (Phi) is 14.7. The zero-order chi connectivity index (χ0) is 18.2. The molecule has 6 heteroatoms. The molecule has 1 atom stereocenters. The van der Waals surface area contributed by atoms with E-state index in [9.17, 15) is 9.59 Å². The lowest BCUT2D eigenvalue weighted by Gasteiger charge is -2.25. The summed E-state index contributed by atoms with van der Waals surface area (Å²) >= 11 is 0. The number of hydrogen-bond donors (Lipinski definition) is 3. The van der Waals surface area contributed by atoms with Crippen molar-refractivity contribution in [2.24, 2.45) is 5.92 Å². The summed E-state index contributed by atoms with van der Waals surface area (Å²) in [5, 5.41) is 27.1. The molecule has 6 nitrogen and oxygen atoms in total. The topological polar surface area (TPSA) is 98.1 Å². The van der Waals surface area contributed by atoms with E-state index >= 15 is 0 Å². The van der Waals surface area contributed by atoms with Crippen molar-refractivity contribution in [3.63, 3.8) is 0 Å². The molecule has 0 saturated heterocycles. The number of aliphatic hydroxyl groups excluding tert-OH is 2. The maximum Gasteiger partial charge on any atom is 0.304 e. The van der Waals surface area contributed by atoms with Gasteiger partial charge in [-0.1, -0.05) is 58.3 Å². The molecule has 0 fully saturated rings. The molecule has 0 aliphatic rings. The minimum Gasteiger partial charge on any atom is -0.481 e. The number of carbonyl (C=O) groups excluding carboxylic acids is 1. The average molecular weight is 345 g/mol. The smallest absolute Gasteiger partial charge is 0.304 e. The minimum absolute atomic E-state index is 0.132. The van der Waals surface area contributed by atoms with Gasteiger partial charge < -0.3 is 20.2 Å². The van der Waals surface area contributed by atoms with Crippen molar-refractivity contribution in [2.75, 3.05) is 26.3 Å². The zero-order valence-electron chi connectivity index (χ0n) is 15.1. The van der Waals surface area contributed by atoms with Crippen molar-refractivity contribution in [2.45, 2.75) is 71.1 Å². The van der Waals surface area contributed by atoms with Crippen molar-refractivity contribution in [3.05, 3.63) is 0 Å². The third-order valence-corrected chi connectivity index (χ3v) is 4.23. The van der Waals surface area contributed by atoms with Crippen LogP contribution < -0.4 is 0 Å². The normalized spacial score (nSPS) is 12.1. The molecule has 24 heavy (non-hydrogen) atoms. The van der Waals surface area contributed by atoms with E-state index in [0.29, 0.717) is 6.42 Å². The molecule has 1 amide bonds. The van der Waals surface area contributed by atoms with Gasteiger partial charge >= 0.3 is 5.97 Å². The Hall–Kier alpha value is -1.14. The van der Waals surface area contributed by atoms with E-state index in [4.69, 9.17) is 15.3 Å². The third-order valence-electron chi connectivity index (χ3n) is 4.23. The fraction of sp³-hybridized carbons (Fsp3) is 0.889. The number of amides is 1. The van der Waals surface area contributed by atoms with Crippen LogP contribution in [-0.2, 0) is 9.59 Å². The quantitative estimate of drug-likeness (QED) is 0.373. The second-order valence-corrected chi connectivity index (χ2v) is 6.33. The maximum atomic E-state index is 12.4. The van der Waals surface area contributed by atoms with Crippen LogP contribution in [0.15, 0.2) is 0 Å². The first-order chi connectivity index (χ1) is 11.6. The molecule has 0 aromatic carbocycles. The molecule has 0 saturated carbocycles. The van der Waals surface area contributed by atoms with Crippen LogP contribution in [0.5, 0.6) is 0 Å². The summed E-state index contributed by atoms with van der Waals surface area (Å²) in [4.78, 5) is 24.8. The highest BCUT2D eigenvalue weighted by molar-refractivity contribution is 5.83.